The highest BCUT2D eigenvalue weighted by Gasteiger charge is 2.29. The standard InChI is InChI=1S/C59H109N3/c1-5-8-11-14-17-20-23-26-29-32-35-38-41-44-47-50-53-61(54-51-48-45-42-39-36-33-30-27-24-21-18-15-12-9-6-2)59-58-60(4)56-57-62(59)55-52-49-46-43-40-37-34-31-28-25-22-19-16-13-10-7-3/h17-22,26-31,59H,5-16,23-25,32-58H2,1-4H3. The zero-order chi connectivity index (χ0) is 44.5. The van der Waals surface area contributed by atoms with Gasteiger partial charge in [0.2, 0.25) is 0 Å². The summed E-state index contributed by atoms with van der Waals surface area (Å²) in [4.78, 5) is 8.45. The van der Waals surface area contributed by atoms with Crippen LogP contribution in [0.1, 0.15) is 252 Å². The summed E-state index contributed by atoms with van der Waals surface area (Å²) in [7, 11) is 2.37. The van der Waals surface area contributed by atoms with Crippen LogP contribution in [0.25, 0.3) is 0 Å². The van der Waals surface area contributed by atoms with Crippen LogP contribution in [0.15, 0.2) is 72.9 Å². The number of likely N-dealkylation sites (N-methyl/N-ethyl adjacent to an activating group) is 1. The minimum atomic E-state index is 0.600. The summed E-state index contributed by atoms with van der Waals surface area (Å²) in [6, 6.07) is 0. The maximum atomic E-state index is 2.94. The number of hydrogen-bond acceptors (Lipinski definition) is 3. The Kier molecular flexibility index (Phi) is 45.9. The highest BCUT2D eigenvalue weighted by molar-refractivity contribution is 4.94. The van der Waals surface area contributed by atoms with E-state index in [1.807, 2.05) is 0 Å². The average Bonchev–Trinajstić information content (AvgIpc) is 3.28. The summed E-state index contributed by atoms with van der Waals surface area (Å²) < 4.78 is 0. The van der Waals surface area contributed by atoms with Gasteiger partial charge in [-0.3, -0.25) is 9.80 Å². The van der Waals surface area contributed by atoms with Crippen molar-refractivity contribution < 1.29 is 0 Å². The van der Waals surface area contributed by atoms with Crippen LogP contribution < -0.4 is 0 Å². The second-order valence-corrected chi connectivity index (χ2v) is 19.1. The lowest BCUT2D eigenvalue weighted by Crippen LogP contribution is -2.59. The summed E-state index contributed by atoms with van der Waals surface area (Å²) in [5, 5.41) is 0. The molecule has 3 nitrogen and oxygen atoms in total. The van der Waals surface area contributed by atoms with Gasteiger partial charge >= 0.3 is 0 Å². The SMILES string of the molecule is CCCCCC=CCC=CCCCCCCCCN(CCCCCCCCC=CCC=CCCCCC)C1CN(C)CCN1CCCCCCCCC=CCC=CCCCCC. The Morgan fingerprint density at radius 3 is 1.02 bits per heavy atom. The largest absolute Gasteiger partial charge is 0.302 e. The van der Waals surface area contributed by atoms with Gasteiger partial charge in [-0.25, -0.2) is 0 Å². The molecule has 0 aliphatic carbocycles. The fourth-order valence-electron chi connectivity index (χ4n) is 8.86. The van der Waals surface area contributed by atoms with Crippen molar-refractivity contribution >= 4 is 0 Å². The van der Waals surface area contributed by atoms with Gasteiger partial charge in [0.1, 0.15) is 0 Å². The first-order valence-corrected chi connectivity index (χ1v) is 27.8. The molecule has 0 radical (unpaired) electrons. The Morgan fingerprint density at radius 2 is 0.661 bits per heavy atom. The first-order valence-electron chi connectivity index (χ1n) is 27.8. The normalized spacial score (nSPS) is 15.9. The molecule has 1 fully saturated rings. The number of rotatable bonds is 46. The average molecular weight is 861 g/mol. The van der Waals surface area contributed by atoms with E-state index < -0.39 is 0 Å². The second kappa shape index (κ2) is 48.8. The fourth-order valence-corrected chi connectivity index (χ4v) is 8.86. The molecule has 1 aliphatic heterocycles. The maximum Gasteiger partial charge on any atom is 0.0754 e. The first-order chi connectivity index (χ1) is 30.7. The summed E-state index contributed by atoms with van der Waals surface area (Å²) in [5.74, 6) is 0. The molecule has 0 aromatic heterocycles. The van der Waals surface area contributed by atoms with E-state index in [1.54, 1.807) is 0 Å². The molecule has 1 saturated heterocycles. The van der Waals surface area contributed by atoms with Gasteiger partial charge in [0.15, 0.2) is 0 Å². The smallest absolute Gasteiger partial charge is 0.0754 e. The van der Waals surface area contributed by atoms with Crippen molar-refractivity contribution in [3.63, 3.8) is 0 Å². The fraction of sp³-hybridized carbons (Fsp3) is 0.797. The zero-order valence-electron chi connectivity index (χ0n) is 42.5. The predicted octanol–water partition coefficient (Wildman–Crippen LogP) is 18.3. The van der Waals surface area contributed by atoms with E-state index in [-0.39, 0.29) is 0 Å². The predicted molar refractivity (Wildman–Crippen MR) is 283 cm³/mol. The first kappa shape index (κ1) is 58.3. The van der Waals surface area contributed by atoms with Crippen LogP contribution in [0, 0.1) is 0 Å². The number of allylic oxidation sites excluding steroid dienone is 12. The molecule has 0 aromatic carbocycles. The van der Waals surface area contributed by atoms with Crippen molar-refractivity contribution in [2.45, 2.75) is 258 Å². The van der Waals surface area contributed by atoms with Crippen molar-refractivity contribution in [3.05, 3.63) is 72.9 Å². The molecular weight excluding hydrogens is 751 g/mol. The number of nitrogens with zero attached hydrogens (tertiary/aromatic N) is 3. The molecule has 0 N–H and O–H groups in total. The summed E-state index contributed by atoms with van der Waals surface area (Å²) >= 11 is 0. The second-order valence-electron chi connectivity index (χ2n) is 19.1. The number of piperazine rings is 1. The molecule has 360 valence electrons. The van der Waals surface area contributed by atoms with Crippen LogP contribution in [0.3, 0.4) is 0 Å². The van der Waals surface area contributed by atoms with Gasteiger partial charge in [-0.15, -0.1) is 0 Å². The quantitative estimate of drug-likeness (QED) is 0.0446. The van der Waals surface area contributed by atoms with Gasteiger partial charge in [-0.1, -0.05) is 209 Å². The van der Waals surface area contributed by atoms with E-state index in [0.717, 1.165) is 19.3 Å². The van der Waals surface area contributed by atoms with Crippen LogP contribution in [-0.2, 0) is 0 Å². The third kappa shape index (κ3) is 39.9. The maximum absolute atomic E-state index is 2.94. The van der Waals surface area contributed by atoms with Crippen molar-refractivity contribution in [2.24, 2.45) is 0 Å². The molecule has 1 rings (SSSR count). The van der Waals surface area contributed by atoms with Gasteiger partial charge in [-0.2, -0.15) is 0 Å². The summed E-state index contributed by atoms with van der Waals surface area (Å²) in [6.07, 6.45) is 77.1. The van der Waals surface area contributed by atoms with Crippen LogP contribution in [0.5, 0.6) is 0 Å². The monoisotopic (exact) mass is 860 g/mol. The van der Waals surface area contributed by atoms with Crippen molar-refractivity contribution in [2.75, 3.05) is 46.3 Å². The van der Waals surface area contributed by atoms with Gasteiger partial charge in [0, 0.05) is 19.6 Å². The van der Waals surface area contributed by atoms with E-state index in [0.29, 0.717) is 6.17 Å². The van der Waals surface area contributed by atoms with E-state index in [2.05, 4.69) is 115 Å². The van der Waals surface area contributed by atoms with Crippen LogP contribution in [0.4, 0.5) is 0 Å². The molecule has 3 heteroatoms. The molecule has 62 heavy (non-hydrogen) atoms. The van der Waals surface area contributed by atoms with Crippen LogP contribution in [0.2, 0.25) is 0 Å². The van der Waals surface area contributed by atoms with Crippen molar-refractivity contribution in [1.82, 2.24) is 14.7 Å². The zero-order valence-corrected chi connectivity index (χ0v) is 42.5. The van der Waals surface area contributed by atoms with Gasteiger partial charge < -0.3 is 4.90 Å². The van der Waals surface area contributed by atoms with Gasteiger partial charge in [0.25, 0.3) is 0 Å². The van der Waals surface area contributed by atoms with Gasteiger partial charge in [-0.05, 0) is 142 Å². The molecule has 0 saturated carbocycles. The van der Waals surface area contributed by atoms with Gasteiger partial charge in [0.05, 0.1) is 6.17 Å². The number of hydrogen-bond donors (Lipinski definition) is 0. The number of unbranched alkanes of at least 4 members (excludes halogenated alkanes) is 27. The van der Waals surface area contributed by atoms with Crippen LogP contribution in [-0.4, -0.2) is 67.2 Å². The Morgan fingerprint density at radius 1 is 0.355 bits per heavy atom. The molecule has 1 unspecified atom stereocenters. The molecule has 0 aromatic rings. The molecule has 1 aliphatic rings. The van der Waals surface area contributed by atoms with Crippen LogP contribution >= 0.6 is 0 Å². The third-order valence-corrected chi connectivity index (χ3v) is 13.0. The minimum Gasteiger partial charge on any atom is -0.302 e. The van der Waals surface area contributed by atoms with E-state index in [4.69, 9.17) is 0 Å². The Balaban J connectivity index is 2.44. The molecule has 0 spiro atoms. The summed E-state index contributed by atoms with van der Waals surface area (Å²) in [5.41, 5.74) is 0. The topological polar surface area (TPSA) is 9.72 Å². The van der Waals surface area contributed by atoms with E-state index >= 15 is 0 Å². The molecule has 1 heterocycles. The van der Waals surface area contributed by atoms with E-state index in [1.165, 1.54) is 251 Å². The Hall–Kier alpha value is -1.68. The van der Waals surface area contributed by atoms with Crippen molar-refractivity contribution in [3.8, 4) is 0 Å². The van der Waals surface area contributed by atoms with Crippen molar-refractivity contribution in [1.29, 1.82) is 0 Å². The molecule has 0 amide bonds. The highest BCUT2D eigenvalue weighted by Crippen LogP contribution is 2.19. The molecular formula is C59H109N3. The molecule has 0 bridgehead atoms. The minimum absolute atomic E-state index is 0.600. The lowest BCUT2D eigenvalue weighted by Gasteiger charge is -2.46. The lowest BCUT2D eigenvalue weighted by molar-refractivity contribution is -0.0172. The lowest BCUT2D eigenvalue weighted by atomic mass is 10.1. The Labute approximate surface area is 390 Å². The Bertz CT molecular complexity index is 1020. The third-order valence-electron chi connectivity index (χ3n) is 13.0. The summed E-state index contributed by atoms with van der Waals surface area (Å²) in [6.45, 7) is 14.4. The highest BCUT2D eigenvalue weighted by atomic mass is 15.4. The molecule has 1 atom stereocenters. The van der Waals surface area contributed by atoms with E-state index in [9.17, 15) is 0 Å².